The Bertz CT molecular complexity index is 1640. The topological polar surface area (TPSA) is 74.2 Å². The number of hydrogen-bond donors (Lipinski definition) is 3. The molecule has 0 radical (unpaired) electrons. The number of fused-ring (bicyclic) bond motifs is 1. The van der Waals surface area contributed by atoms with Crippen LogP contribution in [-0.4, -0.2) is 53.5 Å². The van der Waals surface area contributed by atoms with Crippen LogP contribution in [0.1, 0.15) is 68.8 Å². The summed E-state index contributed by atoms with van der Waals surface area (Å²) in [6.45, 7) is 6.76. The number of imidazole rings is 1. The fourth-order valence-corrected chi connectivity index (χ4v) is 6.58. The second-order valence-electron chi connectivity index (χ2n) is 14.1. The standard InChI is InChI=1S/C33H40ClF7N6O/c1-31(2,3)17-42-15-18-5-10-23(34)28(27(18)35)45-30-44-24-13-22(29(48)43-21-8-6-19(7-9-21)32(36,37)38)25(14-26(24)46(30)4)47-12-11-20(16-47)33(39,40)41/h5,10,13-14,19-21,42H,6-9,11-12,15-17H2,1-4H3,(H,43,48)(H,44,45). The zero-order valence-corrected chi connectivity index (χ0v) is 27.9. The van der Waals surface area contributed by atoms with Crippen molar-refractivity contribution in [3.05, 3.63) is 46.2 Å². The minimum Gasteiger partial charge on any atom is -0.370 e. The van der Waals surface area contributed by atoms with Crippen molar-refractivity contribution in [3.8, 4) is 0 Å². The maximum absolute atomic E-state index is 15.7. The first kappa shape index (κ1) is 36.0. The van der Waals surface area contributed by atoms with Crippen LogP contribution in [0.4, 0.5) is 48.1 Å². The average molecular weight is 705 g/mol. The molecular weight excluding hydrogens is 665 g/mol. The van der Waals surface area contributed by atoms with E-state index in [1.807, 2.05) is 0 Å². The van der Waals surface area contributed by atoms with Crippen molar-refractivity contribution in [2.24, 2.45) is 24.3 Å². The summed E-state index contributed by atoms with van der Waals surface area (Å²) >= 11 is 6.39. The number of anilines is 3. The Morgan fingerprint density at radius 1 is 0.979 bits per heavy atom. The van der Waals surface area contributed by atoms with Crippen LogP contribution in [0.2, 0.25) is 5.02 Å². The van der Waals surface area contributed by atoms with E-state index >= 15 is 4.39 Å². The van der Waals surface area contributed by atoms with Crippen LogP contribution < -0.4 is 20.9 Å². The minimum absolute atomic E-state index is 0.00894. The summed E-state index contributed by atoms with van der Waals surface area (Å²) in [6.07, 6.45) is -8.86. The molecule has 15 heteroatoms. The number of aromatic nitrogens is 2. The zero-order chi connectivity index (χ0) is 35.2. The van der Waals surface area contributed by atoms with Gasteiger partial charge in [-0.1, -0.05) is 38.4 Å². The lowest BCUT2D eigenvalue weighted by Gasteiger charge is -2.30. The minimum atomic E-state index is -4.41. The molecule has 48 heavy (non-hydrogen) atoms. The number of halogens is 8. The number of nitrogens with zero attached hydrogens (tertiary/aromatic N) is 3. The van der Waals surface area contributed by atoms with Crippen LogP contribution in [0.5, 0.6) is 0 Å². The summed E-state index contributed by atoms with van der Waals surface area (Å²) in [6, 6.07) is 5.67. The monoisotopic (exact) mass is 704 g/mol. The van der Waals surface area contributed by atoms with Gasteiger partial charge in [0, 0.05) is 44.8 Å². The normalized spacial score (nSPS) is 20.8. The molecule has 2 heterocycles. The lowest BCUT2D eigenvalue weighted by Crippen LogP contribution is -2.40. The van der Waals surface area contributed by atoms with Gasteiger partial charge in [-0.2, -0.15) is 26.3 Å². The highest BCUT2D eigenvalue weighted by molar-refractivity contribution is 6.33. The molecule has 2 aliphatic rings. The fourth-order valence-electron chi connectivity index (χ4n) is 6.39. The van der Waals surface area contributed by atoms with Crippen LogP contribution >= 0.6 is 11.6 Å². The SMILES string of the molecule is Cn1c(Nc2c(Cl)ccc(CNCC(C)(C)C)c2F)nc2cc(C(=O)NC3CCC(C(F)(F)F)CC3)c(N3CCC(C(F)(F)F)C3)cc21. The molecule has 1 aliphatic carbocycles. The van der Waals surface area contributed by atoms with E-state index in [9.17, 15) is 31.1 Å². The van der Waals surface area contributed by atoms with Gasteiger partial charge in [-0.3, -0.25) is 4.79 Å². The Morgan fingerprint density at radius 3 is 2.25 bits per heavy atom. The van der Waals surface area contributed by atoms with Gasteiger partial charge in [-0.05, 0) is 55.7 Å². The Hall–Kier alpha value is -3.26. The summed E-state index contributed by atoms with van der Waals surface area (Å²) in [5.74, 6) is -4.02. The Kier molecular flexibility index (Phi) is 10.2. The molecule has 7 nitrogen and oxygen atoms in total. The first-order valence-corrected chi connectivity index (χ1v) is 16.3. The number of hydrogen-bond acceptors (Lipinski definition) is 5. The van der Waals surface area contributed by atoms with E-state index in [1.54, 1.807) is 29.8 Å². The number of aryl methyl sites for hydroxylation is 1. The summed E-state index contributed by atoms with van der Waals surface area (Å²) in [5.41, 5.74) is 1.44. The lowest BCUT2D eigenvalue weighted by molar-refractivity contribution is -0.182. The number of amides is 1. The molecule has 1 amide bonds. The van der Waals surface area contributed by atoms with Crippen LogP contribution in [0.3, 0.4) is 0 Å². The summed E-state index contributed by atoms with van der Waals surface area (Å²) in [5, 5.41) is 9.10. The van der Waals surface area contributed by atoms with Gasteiger partial charge in [-0.25, -0.2) is 9.37 Å². The lowest BCUT2D eigenvalue weighted by atomic mass is 9.85. The summed E-state index contributed by atoms with van der Waals surface area (Å²) in [4.78, 5) is 19.7. The molecule has 3 aromatic rings. The third-order valence-electron chi connectivity index (χ3n) is 9.14. The molecule has 3 N–H and O–H groups in total. The second-order valence-corrected chi connectivity index (χ2v) is 14.5. The molecule has 1 unspecified atom stereocenters. The highest BCUT2D eigenvalue weighted by atomic mass is 35.5. The zero-order valence-electron chi connectivity index (χ0n) is 27.2. The first-order chi connectivity index (χ1) is 22.3. The van der Waals surface area contributed by atoms with Crippen molar-refractivity contribution in [2.45, 2.75) is 77.8 Å². The largest absolute Gasteiger partial charge is 0.393 e. The molecule has 2 fully saturated rings. The molecule has 0 bridgehead atoms. The first-order valence-electron chi connectivity index (χ1n) is 16.0. The van der Waals surface area contributed by atoms with Crippen molar-refractivity contribution in [1.29, 1.82) is 0 Å². The van der Waals surface area contributed by atoms with Gasteiger partial charge in [0.1, 0.15) is 0 Å². The number of carbonyl (C=O) groups is 1. The summed E-state index contributed by atoms with van der Waals surface area (Å²) < 4.78 is 97.7. The molecule has 2 aromatic carbocycles. The van der Waals surface area contributed by atoms with Crippen LogP contribution in [0.15, 0.2) is 24.3 Å². The fraction of sp³-hybridized carbons (Fsp3) is 0.576. The number of rotatable bonds is 8. The van der Waals surface area contributed by atoms with Crippen molar-refractivity contribution in [1.82, 2.24) is 20.2 Å². The van der Waals surface area contributed by atoms with Gasteiger partial charge in [0.2, 0.25) is 5.95 Å². The molecule has 1 saturated heterocycles. The van der Waals surface area contributed by atoms with Crippen molar-refractivity contribution < 1.29 is 35.5 Å². The third kappa shape index (κ3) is 8.12. The van der Waals surface area contributed by atoms with Gasteiger partial charge in [0.25, 0.3) is 5.91 Å². The van der Waals surface area contributed by atoms with Gasteiger partial charge < -0.3 is 25.4 Å². The third-order valence-corrected chi connectivity index (χ3v) is 9.45. The Balaban J connectivity index is 1.45. The van der Waals surface area contributed by atoms with E-state index in [0.29, 0.717) is 23.1 Å². The van der Waals surface area contributed by atoms with Crippen LogP contribution in [0, 0.1) is 23.1 Å². The molecule has 1 aliphatic heterocycles. The second kappa shape index (κ2) is 13.6. The van der Waals surface area contributed by atoms with E-state index in [0.717, 1.165) is 0 Å². The van der Waals surface area contributed by atoms with E-state index in [2.05, 4.69) is 41.7 Å². The van der Waals surface area contributed by atoms with E-state index in [4.69, 9.17) is 11.6 Å². The molecule has 1 saturated carbocycles. The molecule has 1 atom stereocenters. The van der Waals surface area contributed by atoms with Gasteiger partial charge in [-0.15, -0.1) is 0 Å². The molecule has 0 spiro atoms. The number of carbonyl (C=O) groups excluding carboxylic acids is 1. The number of benzene rings is 2. The molecule has 5 rings (SSSR count). The maximum atomic E-state index is 15.7. The summed E-state index contributed by atoms with van der Waals surface area (Å²) in [7, 11) is 1.64. The molecule has 1 aromatic heterocycles. The van der Waals surface area contributed by atoms with Crippen molar-refractivity contribution >= 4 is 45.9 Å². The predicted octanol–water partition coefficient (Wildman–Crippen LogP) is 8.48. The highest BCUT2D eigenvalue weighted by Gasteiger charge is 2.45. The highest BCUT2D eigenvalue weighted by Crippen LogP contribution is 2.40. The number of nitrogens with one attached hydrogen (secondary N) is 3. The van der Waals surface area contributed by atoms with E-state index < -0.39 is 42.0 Å². The van der Waals surface area contributed by atoms with Crippen LogP contribution in [0.25, 0.3) is 11.0 Å². The number of alkyl halides is 6. The predicted molar refractivity (Wildman–Crippen MR) is 172 cm³/mol. The average Bonchev–Trinajstić information content (AvgIpc) is 3.60. The van der Waals surface area contributed by atoms with Gasteiger partial charge >= 0.3 is 12.4 Å². The van der Waals surface area contributed by atoms with Crippen molar-refractivity contribution in [2.75, 3.05) is 29.9 Å². The molecular formula is C33H40ClF7N6O. The van der Waals surface area contributed by atoms with Crippen molar-refractivity contribution in [3.63, 3.8) is 0 Å². The van der Waals surface area contributed by atoms with Gasteiger partial charge in [0.05, 0.1) is 44.8 Å². The Labute approximate surface area is 279 Å². The maximum Gasteiger partial charge on any atom is 0.393 e. The van der Waals surface area contributed by atoms with Crippen LogP contribution in [-0.2, 0) is 13.6 Å². The van der Waals surface area contributed by atoms with E-state index in [-0.39, 0.29) is 85.1 Å². The van der Waals surface area contributed by atoms with E-state index in [1.165, 1.54) is 11.0 Å². The quantitative estimate of drug-likeness (QED) is 0.205. The Morgan fingerprint density at radius 2 is 1.65 bits per heavy atom. The molecule has 264 valence electrons. The smallest absolute Gasteiger partial charge is 0.370 e. The van der Waals surface area contributed by atoms with Gasteiger partial charge in [0.15, 0.2) is 5.82 Å².